The number of nitrogens with two attached hydrogens (primary N) is 1. The molecule has 1 amide bonds. The van der Waals surface area contributed by atoms with Crippen molar-refractivity contribution in [3.05, 3.63) is 46.5 Å². The van der Waals surface area contributed by atoms with Gasteiger partial charge < -0.3 is 11.1 Å². The maximum atomic E-state index is 12.5. The van der Waals surface area contributed by atoms with E-state index in [1.807, 2.05) is 0 Å². The van der Waals surface area contributed by atoms with Crippen molar-refractivity contribution in [2.75, 3.05) is 5.73 Å². The van der Waals surface area contributed by atoms with E-state index in [4.69, 9.17) is 5.73 Å². The molecule has 2 aromatic rings. The molecule has 0 aliphatic carbocycles. The summed E-state index contributed by atoms with van der Waals surface area (Å²) in [4.78, 5) is 15.7. The van der Waals surface area contributed by atoms with Crippen molar-refractivity contribution in [1.29, 1.82) is 0 Å². The minimum atomic E-state index is -4.37. The lowest BCUT2D eigenvalue weighted by molar-refractivity contribution is -0.137. The summed E-state index contributed by atoms with van der Waals surface area (Å²) in [6.07, 6.45) is -4.37. The van der Waals surface area contributed by atoms with E-state index in [0.29, 0.717) is 5.56 Å². The van der Waals surface area contributed by atoms with Crippen molar-refractivity contribution in [3.63, 3.8) is 0 Å². The predicted molar refractivity (Wildman–Crippen MR) is 73.9 cm³/mol. The normalized spacial score (nSPS) is 13.0. The monoisotopic (exact) mass is 315 g/mol. The average molecular weight is 315 g/mol. The van der Waals surface area contributed by atoms with Crippen LogP contribution in [0.5, 0.6) is 0 Å². The Hall–Kier alpha value is -2.09. The Morgan fingerprint density at radius 3 is 2.43 bits per heavy atom. The molecule has 1 unspecified atom stereocenters. The summed E-state index contributed by atoms with van der Waals surface area (Å²) >= 11 is 1.14. The lowest BCUT2D eigenvalue weighted by Crippen LogP contribution is -2.27. The van der Waals surface area contributed by atoms with Crippen LogP contribution < -0.4 is 11.1 Å². The van der Waals surface area contributed by atoms with Crippen LogP contribution in [0, 0.1) is 0 Å². The van der Waals surface area contributed by atoms with E-state index in [0.717, 1.165) is 23.5 Å². The molecule has 1 aromatic carbocycles. The number of benzene rings is 1. The fraction of sp³-hybridized carbons (Fsp3) is 0.231. The van der Waals surface area contributed by atoms with E-state index in [1.54, 1.807) is 6.92 Å². The summed E-state index contributed by atoms with van der Waals surface area (Å²) in [5.74, 6) is -0.421. The van der Waals surface area contributed by atoms with E-state index in [2.05, 4.69) is 10.3 Å². The van der Waals surface area contributed by atoms with Gasteiger partial charge in [-0.15, -0.1) is 11.3 Å². The van der Waals surface area contributed by atoms with Crippen LogP contribution in [0.15, 0.2) is 29.6 Å². The molecule has 0 spiro atoms. The number of thiazole rings is 1. The van der Waals surface area contributed by atoms with Crippen LogP contribution >= 0.6 is 11.3 Å². The first-order chi connectivity index (χ1) is 9.77. The molecule has 0 saturated carbocycles. The number of nitrogen functional groups attached to an aromatic ring is 1. The summed E-state index contributed by atoms with van der Waals surface area (Å²) in [5.41, 5.74) is 5.47. The Balaban J connectivity index is 2.06. The van der Waals surface area contributed by atoms with Gasteiger partial charge >= 0.3 is 6.18 Å². The van der Waals surface area contributed by atoms with Gasteiger partial charge in [-0.2, -0.15) is 13.2 Å². The number of amides is 1. The van der Waals surface area contributed by atoms with E-state index < -0.39 is 23.7 Å². The molecule has 4 nitrogen and oxygen atoms in total. The Morgan fingerprint density at radius 1 is 1.33 bits per heavy atom. The van der Waals surface area contributed by atoms with Gasteiger partial charge in [0.25, 0.3) is 5.91 Å². The van der Waals surface area contributed by atoms with Crippen LogP contribution in [-0.4, -0.2) is 10.9 Å². The number of hydrogen-bond acceptors (Lipinski definition) is 4. The van der Waals surface area contributed by atoms with E-state index in [1.165, 1.54) is 17.5 Å². The van der Waals surface area contributed by atoms with Crippen molar-refractivity contribution >= 4 is 22.4 Å². The lowest BCUT2D eigenvalue weighted by Gasteiger charge is -2.14. The molecule has 0 bridgehead atoms. The highest BCUT2D eigenvalue weighted by Gasteiger charge is 2.30. The van der Waals surface area contributed by atoms with Crippen LogP contribution in [0.3, 0.4) is 0 Å². The van der Waals surface area contributed by atoms with Gasteiger partial charge in [-0.1, -0.05) is 12.1 Å². The minimum Gasteiger partial charge on any atom is -0.375 e. The molecule has 1 atom stereocenters. The molecule has 0 aliphatic heterocycles. The third-order valence-corrected chi connectivity index (χ3v) is 3.51. The van der Waals surface area contributed by atoms with E-state index in [-0.39, 0.29) is 10.8 Å². The Morgan fingerprint density at radius 2 is 1.95 bits per heavy atom. The van der Waals surface area contributed by atoms with E-state index >= 15 is 0 Å². The number of nitrogens with zero attached hydrogens (tertiary/aromatic N) is 1. The molecule has 2 rings (SSSR count). The van der Waals surface area contributed by atoms with Gasteiger partial charge in [-0.25, -0.2) is 4.98 Å². The number of aromatic nitrogens is 1. The zero-order chi connectivity index (χ0) is 15.6. The summed E-state index contributed by atoms with van der Waals surface area (Å²) in [6.45, 7) is 1.68. The molecule has 3 N–H and O–H groups in total. The first kappa shape index (κ1) is 15.3. The first-order valence-electron chi connectivity index (χ1n) is 5.96. The van der Waals surface area contributed by atoms with Crippen molar-refractivity contribution in [2.24, 2.45) is 0 Å². The second kappa shape index (κ2) is 5.72. The van der Waals surface area contributed by atoms with Crippen molar-refractivity contribution in [1.82, 2.24) is 10.3 Å². The smallest absolute Gasteiger partial charge is 0.375 e. The molecule has 0 saturated heterocycles. The fourth-order valence-corrected chi connectivity index (χ4v) is 2.25. The lowest BCUT2D eigenvalue weighted by atomic mass is 10.1. The van der Waals surface area contributed by atoms with Crippen LogP contribution in [0.25, 0.3) is 0 Å². The molecule has 112 valence electrons. The predicted octanol–water partition coefficient (Wildman–Crippen LogP) is 3.24. The number of halogens is 3. The van der Waals surface area contributed by atoms with Gasteiger partial charge in [0.05, 0.1) is 11.6 Å². The number of carbonyl (C=O) groups excluding carboxylic acids is 1. The SMILES string of the molecule is CC(NC(=O)c1csc(N)n1)c1ccc(C(F)(F)F)cc1. The Kier molecular flexibility index (Phi) is 4.17. The highest BCUT2D eigenvalue weighted by molar-refractivity contribution is 7.13. The first-order valence-corrected chi connectivity index (χ1v) is 6.84. The number of nitrogens with one attached hydrogen (secondary N) is 1. The number of hydrogen-bond donors (Lipinski definition) is 2. The van der Waals surface area contributed by atoms with Crippen LogP contribution in [0.4, 0.5) is 18.3 Å². The maximum absolute atomic E-state index is 12.5. The summed E-state index contributed by atoms with van der Waals surface area (Å²) < 4.78 is 37.4. The van der Waals surface area contributed by atoms with Crippen LogP contribution in [0.2, 0.25) is 0 Å². The third kappa shape index (κ3) is 3.72. The zero-order valence-electron chi connectivity index (χ0n) is 10.9. The Bertz CT molecular complexity index is 637. The van der Waals surface area contributed by atoms with E-state index in [9.17, 15) is 18.0 Å². The molecule has 0 aliphatic rings. The highest BCUT2D eigenvalue weighted by Crippen LogP contribution is 2.29. The summed E-state index contributed by atoms with van der Waals surface area (Å²) in [6, 6.07) is 4.20. The number of rotatable bonds is 3. The maximum Gasteiger partial charge on any atom is 0.416 e. The van der Waals surface area contributed by atoms with Crippen molar-refractivity contribution in [2.45, 2.75) is 19.1 Å². The fourth-order valence-electron chi connectivity index (χ4n) is 1.71. The van der Waals surface area contributed by atoms with Crippen LogP contribution in [0.1, 0.15) is 34.6 Å². The average Bonchev–Trinajstić information content (AvgIpc) is 2.84. The highest BCUT2D eigenvalue weighted by atomic mass is 32.1. The molecule has 1 heterocycles. The number of alkyl halides is 3. The van der Waals surface area contributed by atoms with Gasteiger partial charge in [-0.05, 0) is 24.6 Å². The van der Waals surface area contributed by atoms with Gasteiger partial charge in [0, 0.05) is 5.38 Å². The zero-order valence-corrected chi connectivity index (χ0v) is 11.8. The van der Waals surface area contributed by atoms with Gasteiger partial charge in [0.15, 0.2) is 5.13 Å². The molecule has 21 heavy (non-hydrogen) atoms. The summed E-state index contributed by atoms with van der Waals surface area (Å²) in [5, 5.41) is 4.45. The third-order valence-electron chi connectivity index (χ3n) is 2.84. The molecule has 0 fully saturated rings. The topological polar surface area (TPSA) is 68.0 Å². The minimum absolute atomic E-state index is 0.191. The molecule has 1 aromatic heterocycles. The summed E-state index contributed by atoms with van der Waals surface area (Å²) in [7, 11) is 0. The van der Waals surface area contributed by atoms with Gasteiger partial charge in [0.1, 0.15) is 5.69 Å². The van der Waals surface area contributed by atoms with Crippen molar-refractivity contribution < 1.29 is 18.0 Å². The van der Waals surface area contributed by atoms with Gasteiger partial charge in [-0.3, -0.25) is 4.79 Å². The van der Waals surface area contributed by atoms with Crippen LogP contribution in [-0.2, 0) is 6.18 Å². The molecule has 0 radical (unpaired) electrons. The Labute approximate surface area is 122 Å². The number of carbonyl (C=O) groups is 1. The number of anilines is 1. The van der Waals surface area contributed by atoms with Gasteiger partial charge in [0.2, 0.25) is 0 Å². The van der Waals surface area contributed by atoms with Crippen molar-refractivity contribution in [3.8, 4) is 0 Å². The second-order valence-corrected chi connectivity index (χ2v) is 5.28. The molecule has 8 heteroatoms. The largest absolute Gasteiger partial charge is 0.416 e. The second-order valence-electron chi connectivity index (χ2n) is 4.39. The standard InChI is InChI=1S/C13H12F3N3OS/c1-7(18-11(20)10-6-21-12(17)19-10)8-2-4-9(5-3-8)13(14,15)16/h2-7H,1H3,(H2,17,19)(H,18,20). The molecular weight excluding hydrogens is 303 g/mol. The quantitative estimate of drug-likeness (QED) is 0.913. The molecular formula is C13H12F3N3OS.